The molecular weight excluding hydrogens is 282 g/mol. The van der Waals surface area contributed by atoms with Crippen molar-refractivity contribution in [3.05, 3.63) is 29.3 Å². The quantitative estimate of drug-likeness (QED) is 0.797. The minimum absolute atomic E-state index is 0.0709. The summed E-state index contributed by atoms with van der Waals surface area (Å²) in [6.07, 6.45) is 2.79. The maximum Gasteiger partial charge on any atom is 0.337 e. The number of anilines is 1. The van der Waals surface area contributed by atoms with E-state index in [1.54, 1.807) is 0 Å². The normalized spacial score (nSPS) is 21.9. The number of carbonyl (C=O) groups is 2. The number of nitrogens with two attached hydrogens (primary N) is 1. The van der Waals surface area contributed by atoms with E-state index in [2.05, 4.69) is 5.32 Å². The van der Waals surface area contributed by atoms with Crippen LogP contribution in [0.15, 0.2) is 12.1 Å². The van der Waals surface area contributed by atoms with Gasteiger partial charge in [0.25, 0.3) is 0 Å². The van der Waals surface area contributed by atoms with Gasteiger partial charge in [0.1, 0.15) is 0 Å². The Kier molecular flexibility index (Phi) is 4.52. The molecule has 7 heteroatoms. The van der Waals surface area contributed by atoms with Crippen LogP contribution in [-0.4, -0.2) is 23.0 Å². The molecule has 5 nitrogen and oxygen atoms in total. The molecule has 4 N–H and O–H groups in total. The zero-order valence-corrected chi connectivity index (χ0v) is 11.2. The van der Waals surface area contributed by atoms with Crippen LogP contribution in [0.3, 0.4) is 0 Å². The molecule has 0 heterocycles. The summed E-state index contributed by atoms with van der Waals surface area (Å²) in [5.74, 6) is -4.69. The number of rotatable bonds is 3. The molecule has 1 amide bonds. The Morgan fingerprint density at radius 3 is 2.52 bits per heavy atom. The van der Waals surface area contributed by atoms with Gasteiger partial charge in [0.2, 0.25) is 5.91 Å². The van der Waals surface area contributed by atoms with Gasteiger partial charge in [-0.1, -0.05) is 6.42 Å². The highest BCUT2D eigenvalue weighted by molar-refractivity contribution is 6.01. The van der Waals surface area contributed by atoms with Crippen molar-refractivity contribution in [1.29, 1.82) is 0 Å². The van der Waals surface area contributed by atoms with Gasteiger partial charge in [-0.2, -0.15) is 0 Å². The van der Waals surface area contributed by atoms with Crippen LogP contribution in [0.5, 0.6) is 0 Å². The number of carboxylic acids is 1. The van der Waals surface area contributed by atoms with Gasteiger partial charge in [-0.05, 0) is 25.3 Å². The molecule has 1 aliphatic carbocycles. The van der Waals surface area contributed by atoms with Crippen molar-refractivity contribution in [3.8, 4) is 0 Å². The first-order valence-corrected chi connectivity index (χ1v) is 6.67. The molecule has 114 valence electrons. The average Bonchev–Trinajstić information content (AvgIpc) is 2.42. The van der Waals surface area contributed by atoms with Gasteiger partial charge in [-0.25, -0.2) is 13.6 Å². The molecule has 0 bridgehead atoms. The number of benzene rings is 1. The first-order chi connectivity index (χ1) is 9.88. The van der Waals surface area contributed by atoms with Crippen molar-refractivity contribution in [3.63, 3.8) is 0 Å². The second-order valence-electron chi connectivity index (χ2n) is 5.23. The smallest absolute Gasteiger partial charge is 0.337 e. The number of aromatic carboxylic acids is 1. The van der Waals surface area contributed by atoms with Crippen LogP contribution in [0.4, 0.5) is 14.5 Å². The zero-order valence-electron chi connectivity index (χ0n) is 11.2. The Bertz CT molecular complexity index is 578. The van der Waals surface area contributed by atoms with E-state index < -0.39 is 29.1 Å². The number of carboxylic acid groups (broad SMARTS) is 1. The Morgan fingerprint density at radius 2 is 1.90 bits per heavy atom. The van der Waals surface area contributed by atoms with Crippen molar-refractivity contribution in [2.75, 3.05) is 5.32 Å². The van der Waals surface area contributed by atoms with Crippen LogP contribution in [-0.2, 0) is 4.79 Å². The van der Waals surface area contributed by atoms with Crippen molar-refractivity contribution in [1.82, 2.24) is 0 Å². The van der Waals surface area contributed by atoms with Crippen LogP contribution >= 0.6 is 0 Å². The highest BCUT2D eigenvalue weighted by Gasteiger charge is 2.26. The maximum absolute atomic E-state index is 13.2. The number of hydrogen-bond donors (Lipinski definition) is 3. The van der Waals surface area contributed by atoms with Gasteiger partial charge in [-0.3, -0.25) is 4.79 Å². The number of hydrogen-bond acceptors (Lipinski definition) is 3. The lowest BCUT2D eigenvalue weighted by Crippen LogP contribution is -2.34. The number of amides is 1. The molecule has 2 unspecified atom stereocenters. The van der Waals surface area contributed by atoms with Crippen LogP contribution in [0.1, 0.15) is 36.0 Å². The van der Waals surface area contributed by atoms with E-state index in [4.69, 9.17) is 10.8 Å². The molecule has 0 aromatic heterocycles. The molecule has 21 heavy (non-hydrogen) atoms. The van der Waals surface area contributed by atoms with Gasteiger partial charge < -0.3 is 16.2 Å². The second kappa shape index (κ2) is 6.17. The number of nitrogens with one attached hydrogen (secondary N) is 1. The van der Waals surface area contributed by atoms with E-state index in [-0.39, 0.29) is 17.6 Å². The fourth-order valence-corrected chi connectivity index (χ4v) is 2.53. The van der Waals surface area contributed by atoms with Crippen LogP contribution in [0, 0.1) is 17.6 Å². The molecule has 0 radical (unpaired) electrons. The molecule has 2 atom stereocenters. The van der Waals surface area contributed by atoms with Crippen molar-refractivity contribution >= 4 is 17.6 Å². The summed E-state index contributed by atoms with van der Waals surface area (Å²) < 4.78 is 26.3. The second-order valence-corrected chi connectivity index (χ2v) is 5.23. The topological polar surface area (TPSA) is 92.4 Å². The highest BCUT2D eigenvalue weighted by Crippen LogP contribution is 2.26. The predicted molar refractivity (Wildman–Crippen MR) is 71.9 cm³/mol. The van der Waals surface area contributed by atoms with Gasteiger partial charge in [-0.15, -0.1) is 0 Å². The standard InChI is InChI=1S/C14H16F2N2O3/c15-10-5-9(14(20)21)12(6-11(10)16)18-13(19)7-2-1-3-8(17)4-7/h5-8H,1-4,17H2,(H,18,19)(H,20,21). The maximum atomic E-state index is 13.2. The average molecular weight is 298 g/mol. The van der Waals surface area contributed by atoms with E-state index >= 15 is 0 Å². The largest absolute Gasteiger partial charge is 0.478 e. The van der Waals surface area contributed by atoms with Gasteiger partial charge in [0.05, 0.1) is 11.3 Å². The van der Waals surface area contributed by atoms with E-state index in [0.29, 0.717) is 25.0 Å². The van der Waals surface area contributed by atoms with E-state index in [0.717, 1.165) is 12.8 Å². The lowest BCUT2D eigenvalue weighted by molar-refractivity contribution is -0.120. The molecule has 0 saturated heterocycles. The monoisotopic (exact) mass is 298 g/mol. The van der Waals surface area contributed by atoms with Crippen molar-refractivity contribution in [2.24, 2.45) is 11.7 Å². The summed E-state index contributed by atoms with van der Waals surface area (Å²) in [4.78, 5) is 23.1. The molecule has 1 aromatic carbocycles. The summed E-state index contributed by atoms with van der Waals surface area (Å²) >= 11 is 0. The fourth-order valence-electron chi connectivity index (χ4n) is 2.53. The number of halogens is 2. The summed E-state index contributed by atoms with van der Waals surface area (Å²) in [5, 5.41) is 11.4. The highest BCUT2D eigenvalue weighted by atomic mass is 19.2. The third-order valence-electron chi connectivity index (χ3n) is 3.63. The molecule has 1 aromatic rings. The van der Waals surface area contributed by atoms with Gasteiger partial charge in [0, 0.05) is 18.0 Å². The molecule has 0 aliphatic heterocycles. The van der Waals surface area contributed by atoms with E-state index in [9.17, 15) is 18.4 Å². The van der Waals surface area contributed by atoms with E-state index in [1.807, 2.05) is 0 Å². The molecule has 1 aliphatic rings. The van der Waals surface area contributed by atoms with Crippen molar-refractivity contribution in [2.45, 2.75) is 31.7 Å². The molecule has 2 rings (SSSR count). The summed E-state index contributed by atoms with van der Waals surface area (Å²) in [6, 6.07) is 1.16. The summed E-state index contributed by atoms with van der Waals surface area (Å²) in [5.41, 5.74) is 5.07. The van der Waals surface area contributed by atoms with Gasteiger partial charge in [0.15, 0.2) is 11.6 Å². The predicted octanol–water partition coefficient (Wildman–Crippen LogP) is 2.12. The SMILES string of the molecule is NC1CCCC(C(=O)Nc2cc(F)c(F)cc2C(=O)O)C1. The van der Waals surface area contributed by atoms with Crippen LogP contribution in [0.2, 0.25) is 0 Å². The molecule has 0 spiro atoms. The summed E-state index contributed by atoms with van der Waals surface area (Å²) in [7, 11) is 0. The van der Waals surface area contributed by atoms with E-state index in [1.165, 1.54) is 0 Å². The van der Waals surface area contributed by atoms with Crippen molar-refractivity contribution < 1.29 is 23.5 Å². The third-order valence-corrected chi connectivity index (χ3v) is 3.63. The van der Waals surface area contributed by atoms with Crippen LogP contribution < -0.4 is 11.1 Å². The Labute approximate surface area is 120 Å². The minimum atomic E-state index is -1.44. The zero-order chi connectivity index (χ0) is 15.6. The lowest BCUT2D eigenvalue weighted by atomic mass is 9.85. The first kappa shape index (κ1) is 15.4. The Balaban J connectivity index is 2.20. The van der Waals surface area contributed by atoms with Crippen LogP contribution in [0.25, 0.3) is 0 Å². The Morgan fingerprint density at radius 1 is 1.24 bits per heavy atom. The minimum Gasteiger partial charge on any atom is -0.478 e. The number of carbonyl (C=O) groups excluding carboxylic acids is 1. The molecule has 1 saturated carbocycles. The fraction of sp³-hybridized carbons (Fsp3) is 0.429. The first-order valence-electron chi connectivity index (χ1n) is 6.67. The molecular formula is C14H16F2N2O3. The third kappa shape index (κ3) is 3.55. The lowest BCUT2D eigenvalue weighted by Gasteiger charge is -2.25. The Hall–Kier alpha value is -2.02. The van der Waals surface area contributed by atoms with Gasteiger partial charge >= 0.3 is 5.97 Å². The summed E-state index contributed by atoms with van der Waals surface area (Å²) in [6.45, 7) is 0. The molecule has 1 fully saturated rings.